The van der Waals surface area contributed by atoms with Gasteiger partial charge < -0.3 is 10.2 Å². The van der Waals surface area contributed by atoms with Crippen LogP contribution >= 0.6 is 0 Å². The number of hydrogen-bond acceptors (Lipinski definition) is 4. The summed E-state index contributed by atoms with van der Waals surface area (Å²) >= 11 is 0. The summed E-state index contributed by atoms with van der Waals surface area (Å²) < 4.78 is 38.3. The molecule has 0 atom stereocenters. The zero-order valence-electron chi connectivity index (χ0n) is 15.4. The van der Waals surface area contributed by atoms with Crippen molar-refractivity contribution in [3.63, 3.8) is 0 Å². The summed E-state index contributed by atoms with van der Waals surface area (Å²) in [5, 5.41) is 20.4. The fourth-order valence-electron chi connectivity index (χ4n) is 3.85. The largest absolute Gasteiger partial charge is 0.507 e. The van der Waals surface area contributed by atoms with Gasteiger partial charge in [0.25, 0.3) is 0 Å². The van der Waals surface area contributed by atoms with Crippen LogP contribution in [-0.4, -0.2) is 21.8 Å². The molecule has 0 spiro atoms. The first-order valence-electron chi connectivity index (χ1n) is 9.05. The van der Waals surface area contributed by atoms with Gasteiger partial charge in [0, 0.05) is 6.42 Å². The highest BCUT2D eigenvalue weighted by Gasteiger charge is 2.38. The van der Waals surface area contributed by atoms with E-state index in [9.17, 15) is 33.0 Å². The smallest absolute Gasteiger partial charge is 0.416 e. The van der Waals surface area contributed by atoms with E-state index in [0.717, 1.165) is 12.1 Å². The second-order valence-corrected chi connectivity index (χ2v) is 7.08. The maximum Gasteiger partial charge on any atom is 0.416 e. The number of carbonyl (C=O) groups excluding carboxylic acids is 2. The summed E-state index contributed by atoms with van der Waals surface area (Å²) in [6.45, 7) is 0. The van der Waals surface area contributed by atoms with Crippen LogP contribution in [0, 0.1) is 0 Å². The van der Waals surface area contributed by atoms with Gasteiger partial charge in [-0.2, -0.15) is 13.2 Å². The highest BCUT2D eigenvalue weighted by molar-refractivity contribution is 6.18. The van der Waals surface area contributed by atoms with E-state index in [1.807, 2.05) is 0 Å². The SMILES string of the molecule is O=C1c2c(O)cccc2C(C(=O)Cc2ccc(C(F)(F)F)cc2)c2cccc(O)c21. The summed E-state index contributed by atoms with van der Waals surface area (Å²) in [5.41, 5.74) is 0.0559. The van der Waals surface area contributed by atoms with Crippen LogP contribution in [0.2, 0.25) is 0 Å². The van der Waals surface area contributed by atoms with Gasteiger partial charge >= 0.3 is 6.18 Å². The molecule has 0 fully saturated rings. The van der Waals surface area contributed by atoms with Crippen LogP contribution in [0.4, 0.5) is 13.2 Å². The highest BCUT2D eigenvalue weighted by Crippen LogP contribution is 2.43. The number of Topliss-reactive ketones (excluding diaryl/α,β-unsaturated/α-hetero) is 1. The first-order valence-corrected chi connectivity index (χ1v) is 9.05. The Morgan fingerprint density at radius 3 is 1.80 bits per heavy atom. The molecule has 3 aromatic carbocycles. The number of hydrogen-bond donors (Lipinski definition) is 2. The topological polar surface area (TPSA) is 74.6 Å². The fourth-order valence-corrected chi connectivity index (χ4v) is 3.85. The standard InChI is InChI=1S/C23H15F3O4/c24-23(25,26)13-9-7-12(8-10-13)11-18(29)19-14-3-1-5-16(27)20(14)22(30)21-15(19)4-2-6-17(21)28/h1-10,19,27-28H,11H2. The number of benzene rings is 3. The summed E-state index contributed by atoms with van der Waals surface area (Å²) in [4.78, 5) is 26.1. The Morgan fingerprint density at radius 1 is 0.833 bits per heavy atom. The van der Waals surface area contributed by atoms with Crippen LogP contribution in [0.5, 0.6) is 11.5 Å². The van der Waals surface area contributed by atoms with Gasteiger partial charge in [0.1, 0.15) is 17.3 Å². The molecule has 0 aliphatic heterocycles. The van der Waals surface area contributed by atoms with E-state index in [1.165, 1.54) is 36.4 Å². The van der Waals surface area contributed by atoms with Gasteiger partial charge in [-0.3, -0.25) is 9.59 Å². The van der Waals surface area contributed by atoms with Gasteiger partial charge in [0.15, 0.2) is 0 Å². The van der Waals surface area contributed by atoms with Crippen molar-refractivity contribution in [2.24, 2.45) is 0 Å². The third-order valence-electron chi connectivity index (χ3n) is 5.21. The number of phenols is 2. The number of halogens is 3. The van der Waals surface area contributed by atoms with E-state index in [0.29, 0.717) is 16.7 Å². The van der Waals surface area contributed by atoms with E-state index in [4.69, 9.17) is 0 Å². The van der Waals surface area contributed by atoms with Crippen molar-refractivity contribution >= 4 is 11.6 Å². The molecule has 0 saturated heterocycles. The minimum absolute atomic E-state index is 0.0581. The zero-order valence-corrected chi connectivity index (χ0v) is 15.4. The predicted octanol–water partition coefficient (Wildman–Crippen LogP) is 4.60. The van der Waals surface area contributed by atoms with Gasteiger partial charge in [-0.25, -0.2) is 0 Å². The molecule has 3 aromatic rings. The van der Waals surface area contributed by atoms with Crippen LogP contribution in [0.25, 0.3) is 0 Å². The summed E-state index contributed by atoms with van der Waals surface area (Å²) in [7, 11) is 0. The molecule has 0 bridgehead atoms. The molecule has 0 amide bonds. The lowest BCUT2D eigenvalue weighted by Crippen LogP contribution is -2.26. The van der Waals surface area contributed by atoms with Crippen LogP contribution in [0.1, 0.15) is 44.1 Å². The van der Waals surface area contributed by atoms with E-state index in [1.54, 1.807) is 12.1 Å². The molecule has 0 heterocycles. The molecule has 4 rings (SSSR count). The second-order valence-electron chi connectivity index (χ2n) is 7.08. The summed E-state index contributed by atoms with van der Waals surface area (Å²) in [6.07, 6.45) is -4.65. The lowest BCUT2D eigenvalue weighted by Gasteiger charge is -2.27. The van der Waals surface area contributed by atoms with Gasteiger partial charge in [-0.05, 0) is 41.0 Å². The molecule has 0 unspecified atom stereocenters. The van der Waals surface area contributed by atoms with E-state index in [2.05, 4.69) is 0 Å². The average Bonchev–Trinajstić information content (AvgIpc) is 2.67. The monoisotopic (exact) mass is 412 g/mol. The molecule has 7 heteroatoms. The quantitative estimate of drug-likeness (QED) is 0.659. The maximum atomic E-state index is 13.2. The number of alkyl halides is 3. The Morgan fingerprint density at radius 2 is 1.33 bits per heavy atom. The number of rotatable bonds is 3. The molecular formula is C23H15F3O4. The van der Waals surface area contributed by atoms with Crippen LogP contribution in [0.15, 0.2) is 60.7 Å². The lowest BCUT2D eigenvalue weighted by molar-refractivity contribution is -0.137. The maximum absolute atomic E-state index is 13.2. The Kier molecular flexibility index (Phi) is 4.61. The molecule has 2 N–H and O–H groups in total. The molecule has 1 aliphatic carbocycles. The molecule has 0 saturated carbocycles. The van der Waals surface area contributed by atoms with Gasteiger partial charge in [-0.1, -0.05) is 36.4 Å². The van der Waals surface area contributed by atoms with Crippen molar-refractivity contribution in [2.45, 2.75) is 18.5 Å². The Bertz CT molecular complexity index is 1110. The second kappa shape index (κ2) is 7.02. The van der Waals surface area contributed by atoms with E-state index in [-0.39, 0.29) is 34.8 Å². The third-order valence-corrected chi connectivity index (χ3v) is 5.21. The van der Waals surface area contributed by atoms with Crippen molar-refractivity contribution < 1.29 is 33.0 Å². The average molecular weight is 412 g/mol. The van der Waals surface area contributed by atoms with Crippen LogP contribution in [-0.2, 0) is 17.4 Å². The predicted molar refractivity (Wildman–Crippen MR) is 102 cm³/mol. The number of phenolic OH excluding ortho intramolecular Hbond substituents is 2. The normalized spacial score (nSPS) is 13.6. The molecule has 1 aliphatic rings. The number of ketones is 2. The van der Waals surface area contributed by atoms with Crippen LogP contribution < -0.4 is 0 Å². The fraction of sp³-hybridized carbons (Fsp3) is 0.130. The van der Waals surface area contributed by atoms with Crippen molar-refractivity contribution in [1.29, 1.82) is 0 Å². The lowest BCUT2D eigenvalue weighted by atomic mass is 9.74. The van der Waals surface area contributed by atoms with Gasteiger partial charge in [0.2, 0.25) is 5.78 Å². The molecule has 4 nitrogen and oxygen atoms in total. The van der Waals surface area contributed by atoms with Crippen molar-refractivity contribution in [1.82, 2.24) is 0 Å². The number of carbonyl (C=O) groups is 2. The molecule has 0 radical (unpaired) electrons. The summed E-state index contributed by atoms with van der Waals surface area (Å²) in [5.74, 6) is -2.53. The van der Waals surface area contributed by atoms with Crippen molar-refractivity contribution in [3.05, 3.63) is 94.0 Å². The van der Waals surface area contributed by atoms with E-state index >= 15 is 0 Å². The van der Waals surface area contributed by atoms with Crippen molar-refractivity contribution in [3.8, 4) is 11.5 Å². The highest BCUT2D eigenvalue weighted by atomic mass is 19.4. The van der Waals surface area contributed by atoms with Crippen LogP contribution in [0.3, 0.4) is 0 Å². The molecule has 152 valence electrons. The Hall–Kier alpha value is -3.61. The van der Waals surface area contributed by atoms with E-state index < -0.39 is 23.4 Å². The first kappa shape index (κ1) is 19.7. The third kappa shape index (κ3) is 3.22. The number of aromatic hydroxyl groups is 2. The first-order chi connectivity index (χ1) is 14.2. The van der Waals surface area contributed by atoms with Crippen molar-refractivity contribution in [2.75, 3.05) is 0 Å². The zero-order chi connectivity index (χ0) is 21.6. The summed E-state index contributed by atoms with van der Waals surface area (Å²) in [6, 6.07) is 13.0. The molecule has 30 heavy (non-hydrogen) atoms. The Balaban J connectivity index is 1.77. The Labute approximate surface area is 169 Å². The van der Waals surface area contributed by atoms with Gasteiger partial charge in [-0.15, -0.1) is 0 Å². The van der Waals surface area contributed by atoms with Gasteiger partial charge in [0.05, 0.1) is 22.6 Å². The number of fused-ring (bicyclic) bond motifs is 2. The molecular weight excluding hydrogens is 397 g/mol. The molecule has 0 aromatic heterocycles. The minimum atomic E-state index is -4.47. The minimum Gasteiger partial charge on any atom is -0.507 e.